The molecule has 4 nitrogen and oxygen atoms in total. The molecule has 0 aliphatic carbocycles. The summed E-state index contributed by atoms with van der Waals surface area (Å²) in [5.74, 6) is -2.34. The molecule has 2 N–H and O–H groups in total. The van der Waals surface area contributed by atoms with E-state index in [9.17, 15) is 36.2 Å². The van der Waals surface area contributed by atoms with Gasteiger partial charge in [-0.3, -0.25) is 4.79 Å². The maximum atomic E-state index is 12.4. The van der Waals surface area contributed by atoms with Crippen LogP contribution >= 0.6 is 0 Å². The van der Waals surface area contributed by atoms with Gasteiger partial charge in [0.2, 0.25) is 0 Å². The van der Waals surface area contributed by atoms with E-state index in [2.05, 4.69) is 0 Å². The van der Waals surface area contributed by atoms with Crippen molar-refractivity contribution in [1.82, 2.24) is 4.90 Å². The van der Waals surface area contributed by atoms with Crippen molar-refractivity contribution in [3.8, 4) is 0 Å². The second-order valence-corrected chi connectivity index (χ2v) is 3.94. The van der Waals surface area contributed by atoms with Crippen LogP contribution in [-0.2, 0) is 4.79 Å². The fraction of sp³-hybridized carbons (Fsp3) is 0.875. The van der Waals surface area contributed by atoms with E-state index in [1.807, 2.05) is 0 Å². The Morgan fingerprint density at radius 1 is 1.22 bits per heavy atom. The number of likely N-dealkylation sites (tertiary alicyclic amines) is 1. The molecule has 0 spiro atoms. The number of halogens is 6. The summed E-state index contributed by atoms with van der Waals surface area (Å²) in [6.45, 7) is -2.17. The number of nitrogens with zero attached hydrogens (tertiary/aromatic N) is 1. The predicted octanol–water partition coefficient (Wildman–Crippen LogP) is 0.435. The van der Waals surface area contributed by atoms with Gasteiger partial charge in [0, 0.05) is 13.0 Å². The number of carbonyl (C=O) groups excluding carboxylic acids is 1. The average Bonchev–Trinajstić information content (AvgIpc) is 2.18. The van der Waals surface area contributed by atoms with Gasteiger partial charge in [-0.05, 0) is 0 Å². The molecule has 1 fully saturated rings. The summed E-state index contributed by atoms with van der Waals surface area (Å²) in [5.41, 5.74) is -3.49. The van der Waals surface area contributed by atoms with Crippen LogP contribution in [0.25, 0.3) is 0 Å². The van der Waals surface area contributed by atoms with E-state index in [0.29, 0.717) is 0 Å². The molecule has 1 heterocycles. The van der Waals surface area contributed by atoms with Crippen molar-refractivity contribution in [2.45, 2.75) is 30.5 Å². The highest BCUT2D eigenvalue weighted by atomic mass is 19.4. The van der Waals surface area contributed by atoms with Crippen molar-refractivity contribution >= 4 is 5.91 Å². The van der Waals surface area contributed by atoms with Crippen LogP contribution in [0.1, 0.15) is 6.42 Å². The minimum atomic E-state index is -5.23. The molecule has 1 rings (SSSR count). The highest BCUT2D eigenvalue weighted by Gasteiger charge is 2.61. The topological polar surface area (TPSA) is 60.8 Å². The number of amides is 1. The minimum absolute atomic E-state index is 0.0326. The van der Waals surface area contributed by atoms with Crippen LogP contribution in [0.5, 0.6) is 0 Å². The van der Waals surface area contributed by atoms with Crippen molar-refractivity contribution in [3.05, 3.63) is 0 Å². The zero-order valence-electron chi connectivity index (χ0n) is 8.72. The molecule has 1 saturated heterocycles. The highest BCUT2D eigenvalue weighted by Crippen LogP contribution is 2.39. The maximum Gasteiger partial charge on any atom is 0.471 e. The number of hydrogen-bond acceptors (Lipinski definition) is 3. The second-order valence-electron chi connectivity index (χ2n) is 3.94. The molecule has 0 aromatic carbocycles. The molecular weight excluding hydrogens is 272 g/mol. The van der Waals surface area contributed by atoms with Gasteiger partial charge in [-0.15, -0.1) is 0 Å². The van der Waals surface area contributed by atoms with Crippen molar-refractivity contribution in [2.75, 3.05) is 13.1 Å². The van der Waals surface area contributed by atoms with Crippen LogP contribution in [0, 0.1) is 0 Å². The Bertz CT molecular complexity index is 341. The van der Waals surface area contributed by atoms with E-state index >= 15 is 0 Å². The van der Waals surface area contributed by atoms with E-state index in [4.69, 9.17) is 5.11 Å². The third kappa shape index (κ3) is 2.53. The first-order valence-electron chi connectivity index (χ1n) is 4.73. The summed E-state index contributed by atoms with van der Waals surface area (Å²) >= 11 is 0. The van der Waals surface area contributed by atoms with Crippen LogP contribution in [0.3, 0.4) is 0 Å². The van der Waals surface area contributed by atoms with E-state index in [-0.39, 0.29) is 4.90 Å². The van der Waals surface area contributed by atoms with Gasteiger partial charge in [-0.25, -0.2) is 0 Å². The number of rotatable bonds is 0. The van der Waals surface area contributed by atoms with E-state index in [1.165, 1.54) is 0 Å². The fourth-order valence-electron chi connectivity index (χ4n) is 1.62. The van der Waals surface area contributed by atoms with Crippen LogP contribution < -0.4 is 0 Å². The average molecular weight is 281 g/mol. The Kier molecular flexibility index (Phi) is 3.56. The van der Waals surface area contributed by atoms with Crippen molar-refractivity contribution in [2.24, 2.45) is 0 Å². The molecule has 1 aliphatic heterocycles. The lowest BCUT2D eigenvalue weighted by atomic mass is 9.88. The zero-order valence-corrected chi connectivity index (χ0v) is 8.72. The van der Waals surface area contributed by atoms with Crippen LogP contribution in [-0.4, -0.2) is 58.2 Å². The summed E-state index contributed by atoms with van der Waals surface area (Å²) < 4.78 is 73.3. The standard InChI is InChI=1S/C8H9F6NO3/c9-7(10,11)5(17)15-2-1-6(18,4(16)3-15)8(12,13)14/h4,16,18H,1-3H2. The van der Waals surface area contributed by atoms with Crippen LogP contribution in [0.15, 0.2) is 0 Å². The van der Waals surface area contributed by atoms with Crippen LogP contribution in [0.4, 0.5) is 26.3 Å². The van der Waals surface area contributed by atoms with Gasteiger partial charge in [0.15, 0.2) is 5.60 Å². The Labute approximate surface area is 96.8 Å². The number of carbonyl (C=O) groups is 1. The zero-order chi connectivity index (χ0) is 14.4. The van der Waals surface area contributed by atoms with Gasteiger partial charge in [0.1, 0.15) is 6.10 Å². The van der Waals surface area contributed by atoms with Crippen molar-refractivity contribution in [3.63, 3.8) is 0 Å². The molecule has 0 bridgehead atoms. The molecule has 0 aromatic heterocycles. The van der Waals surface area contributed by atoms with E-state index in [0.717, 1.165) is 0 Å². The maximum absolute atomic E-state index is 12.4. The van der Waals surface area contributed by atoms with Gasteiger partial charge in [-0.1, -0.05) is 0 Å². The number of aliphatic hydroxyl groups excluding tert-OH is 1. The Balaban J connectivity index is 2.82. The first-order valence-corrected chi connectivity index (χ1v) is 4.73. The molecule has 0 saturated carbocycles. The summed E-state index contributed by atoms with van der Waals surface area (Å²) in [4.78, 5) is 10.8. The Morgan fingerprint density at radius 2 is 1.72 bits per heavy atom. The summed E-state index contributed by atoms with van der Waals surface area (Å²) in [7, 11) is 0. The van der Waals surface area contributed by atoms with Crippen molar-refractivity contribution < 1.29 is 41.4 Å². The molecule has 0 radical (unpaired) electrons. The molecule has 1 aliphatic rings. The van der Waals surface area contributed by atoms with Crippen molar-refractivity contribution in [1.29, 1.82) is 0 Å². The molecule has 2 unspecified atom stereocenters. The largest absolute Gasteiger partial charge is 0.471 e. The second kappa shape index (κ2) is 4.26. The Morgan fingerprint density at radius 3 is 2.06 bits per heavy atom. The number of hydrogen-bond donors (Lipinski definition) is 2. The van der Waals surface area contributed by atoms with E-state index in [1.54, 1.807) is 0 Å². The molecule has 18 heavy (non-hydrogen) atoms. The molecule has 1 amide bonds. The number of aliphatic hydroxyl groups is 2. The van der Waals surface area contributed by atoms with E-state index < -0.39 is 49.5 Å². The highest BCUT2D eigenvalue weighted by molar-refractivity contribution is 5.82. The van der Waals surface area contributed by atoms with Gasteiger partial charge in [-0.2, -0.15) is 26.3 Å². The molecular formula is C8H9F6NO3. The van der Waals surface area contributed by atoms with Gasteiger partial charge in [0.25, 0.3) is 0 Å². The quantitative estimate of drug-likeness (QED) is 0.633. The lowest BCUT2D eigenvalue weighted by molar-refractivity contribution is -0.303. The van der Waals surface area contributed by atoms with Gasteiger partial charge >= 0.3 is 18.3 Å². The van der Waals surface area contributed by atoms with Gasteiger partial charge in [0.05, 0.1) is 6.54 Å². The normalized spacial score (nSPS) is 30.4. The first kappa shape index (κ1) is 15.0. The predicted molar refractivity (Wildman–Crippen MR) is 44.3 cm³/mol. The molecule has 106 valence electrons. The number of alkyl halides is 6. The number of piperidine rings is 1. The van der Waals surface area contributed by atoms with Crippen LogP contribution in [0.2, 0.25) is 0 Å². The molecule has 0 aromatic rings. The molecule has 2 atom stereocenters. The third-order valence-corrected chi connectivity index (χ3v) is 2.73. The Hall–Kier alpha value is -1.03. The molecule has 10 heteroatoms. The SMILES string of the molecule is O=C(N1CCC(O)(C(F)(F)F)C(O)C1)C(F)(F)F. The van der Waals surface area contributed by atoms with Gasteiger partial charge < -0.3 is 15.1 Å². The number of β-amino-alcohol motifs (C(OH)–C–C–N with tert-alkyl or cyclic N) is 1. The summed E-state index contributed by atoms with van der Waals surface area (Å²) in [6, 6.07) is 0. The monoisotopic (exact) mass is 281 g/mol. The lowest BCUT2D eigenvalue weighted by Crippen LogP contribution is -2.64. The first-order chi connectivity index (χ1) is 7.89. The fourth-order valence-corrected chi connectivity index (χ4v) is 1.62. The summed E-state index contributed by atoms with van der Waals surface area (Å²) in [5, 5.41) is 18.3. The summed E-state index contributed by atoms with van der Waals surface area (Å²) in [6.07, 6.45) is -14.1. The third-order valence-electron chi connectivity index (χ3n) is 2.73. The minimum Gasteiger partial charge on any atom is -0.388 e. The lowest BCUT2D eigenvalue weighted by Gasteiger charge is -2.42. The smallest absolute Gasteiger partial charge is 0.388 e.